The second-order valence-electron chi connectivity index (χ2n) is 10.8. The van der Waals surface area contributed by atoms with Gasteiger partial charge in [-0.3, -0.25) is 9.59 Å². The van der Waals surface area contributed by atoms with Crippen molar-refractivity contribution in [2.24, 2.45) is 5.41 Å². The maximum atomic E-state index is 12.8. The number of carbonyl (C=O) groups excluding carboxylic acids is 2. The van der Waals surface area contributed by atoms with E-state index in [1.165, 1.54) is 0 Å². The molecule has 5 heteroatoms. The summed E-state index contributed by atoms with van der Waals surface area (Å²) in [6, 6.07) is 13.1. The van der Waals surface area contributed by atoms with E-state index in [1.54, 1.807) is 25.1 Å². The molecule has 0 atom stereocenters. The van der Waals surface area contributed by atoms with Crippen molar-refractivity contribution in [1.29, 1.82) is 5.41 Å². The van der Waals surface area contributed by atoms with E-state index < -0.39 is 0 Å². The summed E-state index contributed by atoms with van der Waals surface area (Å²) >= 11 is 0. The number of amides is 2. The molecule has 0 fully saturated rings. The second-order valence-corrected chi connectivity index (χ2v) is 10.8. The minimum absolute atomic E-state index is 0.0149. The molecule has 5 nitrogen and oxygen atoms in total. The summed E-state index contributed by atoms with van der Waals surface area (Å²) in [6.07, 6.45) is 1.57. The van der Waals surface area contributed by atoms with Crippen LogP contribution in [-0.4, -0.2) is 24.1 Å². The minimum Gasteiger partial charge on any atom is -0.352 e. The van der Waals surface area contributed by atoms with Crippen LogP contribution in [0.5, 0.6) is 0 Å². The van der Waals surface area contributed by atoms with Crippen LogP contribution in [0.2, 0.25) is 0 Å². The van der Waals surface area contributed by atoms with Gasteiger partial charge in [-0.2, -0.15) is 0 Å². The first kappa shape index (κ1) is 26.0. The SMILES string of the molecule is C/C(=C\C(=N)c1cc(NC(=O)c2cccc(C(C)(C)C)c2)ccc1C)C(=O)NCC(C)(C)C. The summed E-state index contributed by atoms with van der Waals surface area (Å²) < 4.78 is 0. The van der Waals surface area contributed by atoms with Gasteiger partial charge in [0.2, 0.25) is 5.91 Å². The van der Waals surface area contributed by atoms with Crippen LogP contribution in [-0.2, 0) is 10.2 Å². The van der Waals surface area contributed by atoms with E-state index in [2.05, 4.69) is 52.2 Å². The number of carbonyl (C=O) groups is 2. The molecule has 0 aliphatic heterocycles. The van der Waals surface area contributed by atoms with Gasteiger partial charge in [0, 0.05) is 28.9 Å². The third-order valence-corrected chi connectivity index (χ3v) is 5.27. The van der Waals surface area contributed by atoms with Crippen LogP contribution in [0.1, 0.15) is 75.5 Å². The van der Waals surface area contributed by atoms with E-state index in [-0.39, 0.29) is 28.4 Å². The summed E-state index contributed by atoms with van der Waals surface area (Å²) in [5.41, 5.74) is 4.47. The highest BCUT2D eigenvalue weighted by Crippen LogP contribution is 2.24. The van der Waals surface area contributed by atoms with E-state index >= 15 is 0 Å². The number of allylic oxidation sites excluding steroid dienone is 1. The fourth-order valence-corrected chi connectivity index (χ4v) is 3.16. The highest BCUT2D eigenvalue weighted by Gasteiger charge is 2.17. The predicted octanol–water partition coefficient (Wildman–Crippen LogP) is 6.02. The maximum absolute atomic E-state index is 12.8. The van der Waals surface area contributed by atoms with Crippen LogP contribution in [0.15, 0.2) is 54.1 Å². The molecule has 176 valence electrons. The summed E-state index contributed by atoms with van der Waals surface area (Å²) in [4.78, 5) is 25.2. The smallest absolute Gasteiger partial charge is 0.255 e. The number of benzene rings is 2. The van der Waals surface area contributed by atoms with Crippen LogP contribution in [0.4, 0.5) is 5.69 Å². The van der Waals surface area contributed by atoms with Crippen molar-refractivity contribution in [2.45, 2.75) is 60.8 Å². The van der Waals surface area contributed by atoms with Gasteiger partial charge in [-0.1, -0.05) is 59.7 Å². The quantitative estimate of drug-likeness (QED) is 0.374. The highest BCUT2D eigenvalue weighted by atomic mass is 16.2. The fourth-order valence-electron chi connectivity index (χ4n) is 3.16. The Morgan fingerprint density at radius 3 is 2.27 bits per heavy atom. The molecule has 0 heterocycles. The molecule has 2 aromatic rings. The summed E-state index contributed by atoms with van der Waals surface area (Å²) in [7, 11) is 0. The zero-order chi connectivity index (χ0) is 25.0. The fraction of sp³-hybridized carbons (Fsp3) is 0.393. The van der Waals surface area contributed by atoms with Crippen molar-refractivity contribution < 1.29 is 9.59 Å². The normalized spacial score (nSPS) is 12.3. The van der Waals surface area contributed by atoms with Crippen molar-refractivity contribution in [2.75, 3.05) is 11.9 Å². The molecular weight excluding hydrogens is 410 g/mol. The topological polar surface area (TPSA) is 82.1 Å². The van der Waals surface area contributed by atoms with Crippen LogP contribution in [0.3, 0.4) is 0 Å². The molecule has 2 rings (SSSR count). The number of nitrogens with one attached hydrogen (secondary N) is 3. The lowest BCUT2D eigenvalue weighted by molar-refractivity contribution is -0.117. The number of anilines is 1. The number of aryl methyl sites for hydroxylation is 1. The zero-order valence-corrected chi connectivity index (χ0v) is 21.1. The molecule has 0 saturated carbocycles. The molecule has 0 aliphatic carbocycles. The first-order chi connectivity index (χ1) is 15.2. The molecule has 0 unspecified atom stereocenters. The lowest BCUT2D eigenvalue weighted by Gasteiger charge is -2.19. The Balaban J connectivity index is 2.19. The molecule has 33 heavy (non-hydrogen) atoms. The van der Waals surface area contributed by atoms with Crippen molar-refractivity contribution in [1.82, 2.24) is 5.32 Å². The van der Waals surface area contributed by atoms with E-state index in [1.807, 2.05) is 37.3 Å². The Hall–Kier alpha value is -3.21. The molecule has 3 N–H and O–H groups in total. The van der Waals surface area contributed by atoms with Gasteiger partial charge in [0.25, 0.3) is 5.91 Å². The molecule has 0 bridgehead atoms. The molecule has 0 saturated heterocycles. The standard InChI is InChI=1S/C28H37N3O2/c1-18-12-13-22(31-26(33)20-10-9-11-21(15-20)28(6,7)8)16-23(18)24(29)14-19(2)25(32)30-17-27(3,4)5/h9-16,29H,17H2,1-8H3,(H,30,32)(H,31,33)/b19-14+,29-24?. The maximum Gasteiger partial charge on any atom is 0.255 e. The van der Waals surface area contributed by atoms with Crippen LogP contribution < -0.4 is 10.6 Å². The van der Waals surface area contributed by atoms with Gasteiger partial charge in [-0.25, -0.2) is 0 Å². The lowest BCUT2D eigenvalue weighted by atomic mass is 9.86. The Labute approximate surface area is 198 Å². The Morgan fingerprint density at radius 1 is 1.00 bits per heavy atom. The molecule has 2 aromatic carbocycles. The lowest BCUT2D eigenvalue weighted by Crippen LogP contribution is -2.32. The molecule has 0 spiro atoms. The first-order valence-electron chi connectivity index (χ1n) is 11.3. The number of hydrogen-bond acceptors (Lipinski definition) is 3. The summed E-state index contributed by atoms with van der Waals surface area (Å²) in [5, 5.41) is 14.4. The van der Waals surface area contributed by atoms with Gasteiger partial charge in [0.1, 0.15) is 0 Å². The van der Waals surface area contributed by atoms with Crippen LogP contribution in [0.25, 0.3) is 0 Å². The molecule has 0 radical (unpaired) electrons. The second kappa shape index (κ2) is 10.2. The number of rotatable bonds is 6. The minimum atomic E-state index is -0.198. The van der Waals surface area contributed by atoms with Crippen molar-refractivity contribution in [3.8, 4) is 0 Å². The van der Waals surface area contributed by atoms with Crippen molar-refractivity contribution in [3.05, 3.63) is 76.4 Å². The Bertz CT molecular complexity index is 1080. The third-order valence-electron chi connectivity index (χ3n) is 5.27. The van der Waals surface area contributed by atoms with Gasteiger partial charge >= 0.3 is 0 Å². The molecule has 0 aliphatic rings. The highest BCUT2D eigenvalue weighted by molar-refractivity contribution is 6.12. The van der Waals surface area contributed by atoms with E-state index in [0.717, 1.165) is 11.1 Å². The molecule has 2 amide bonds. The zero-order valence-electron chi connectivity index (χ0n) is 21.1. The average Bonchev–Trinajstić information content (AvgIpc) is 2.72. The first-order valence-corrected chi connectivity index (χ1v) is 11.3. The van der Waals surface area contributed by atoms with Gasteiger partial charge in [-0.05, 0) is 66.1 Å². The van der Waals surface area contributed by atoms with Gasteiger partial charge < -0.3 is 16.0 Å². The number of hydrogen-bond donors (Lipinski definition) is 3. The van der Waals surface area contributed by atoms with E-state index in [9.17, 15) is 9.59 Å². The van der Waals surface area contributed by atoms with Crippen molar-refractivity contribution in [3.63, 3.8) is 0 Å². The Kier molecular flexibility index (Phi) is 8.02. The third kappa shape index (κ3) is 7.70. The van der Waals surface area contributed by atoms with Crippen molar-refractivity contribution >= 4 is 23.2 Å². The van der Waals surface area contributed by atoms with Gasteiger partial charge in [0.15, 0.2) is 0 Å². The largest absolute Gasteiger partial charge is 0.352 e. The van der Waals surface area contributed by atoms with E-state index in [4.69, 9.17) is 5.41 Å². The van der Waals surface area contributed by atoms with Crippen LogP contribution in [0, 0.1) is 17.7 Å². The average molecular weight is 448 g/mol. The van der Waals surface area contributed by atoms with Crippen LogP contribution >= 0.6 is 0 Å². The summed E-state index contributed by atoms with van der Waals surface area (Å²) in [6.45, 7) is 16.7. The Morgan fingerprint density at radius 2 is 1.67 bits per heavy atom. The predicted molar refractivity (Wildman–Crippen MR) is 137 cm³/mol. The summed E-state index contributed by atoms with van der Waals surface area (Å²) in [5.74, 6) is -0.383. The monoisotopic (exact) mass is 447 g/mol. The van der Waals surface area contributed by atoms with E-state index in [0.29, 0.717) is 28.9 Å². The van der Waals surface area contributed by atoms with Gasteiger partial charge in [-0.15, -0.1) is 0 Å². The van der Waals surface area contributed by atoms with Gasteiger partial charge in [0.05, 0.1) is 5.71 Å². The molecule has 0 aromatic heterocycles. The molecular formula is C28H37N3O2.